The number of alkyl halides is 3. The van der Waals surface area contributed by atoms with E-state index in [1.54, 1.807) is 12.1 Å². The van der Waals surface area contributed by atoms with Crippen LogP contribution in [0.15, 0.2) is 30.3 Å². The minimum Gasteiger partial charge on any atom is -0.493 e. The first kappa shape index (κ1) is 14.1. The second-order valence-corrected chi connectivity index (χ2v) is 3.45. The number of benzene rings is 1. The van der Waals surface area contributed by atoms with E-state index in [0.29, 0.717) is 11.3 Å². The summed E-state index contributed by atoms with van der Waals surface area (Å²) in [5.41, 5.74) is 0.626. The first-order chi connectivity index (χ1) is 8.37. The van der Waals surface area contributed by atoms with Gasteiger partial charge in [-0.05, 0) is 23.8 Å². The van der Waals surface area contributed by atoms with Crippen molar-refractivity contribution in [2.45, 2.75) is 12.6 Å². The van der Waals surface area contributed by atoms with Crippen LogP contribution in [-0.4, -0.2) is 23.9 Å². The zero-order chi connectivity index (χ0) is 13.6. The maximum Gasteiger partial charge on any atom is 0.392 e. The Morgan fingerprint density at radius 2 is 1.89 bits per heavy atom. The van der Waals surface area contributed by atoms with Crippen LogP contribution in [0.5, 0.6) is 5.75 Å². The third-order valence-corrected chi connectivity index (χ3v) is 1.95. The van der Waals surface area contributed by atoms with E-state index < -0.39 is 25.2 Å². The van der Waals surface area contributed by atoms with Crippen LogP contribution in [0.3, 0.4) is 0 Å². The third-order valence-electron chi connectivity index (χ3n) is 1.95. The monoisotopic (exact) mass is 260 g/mol. The van der Waals surface area contributed by atoms with Crippen LogP contribution in [0.25, 0.3) is 6.08 Å². The van der Waals surface area contributed by atoms with Gasteiger partial charge in [0, 0.05) is 6.08 Å². The predicted octanol–water partition coefficient (Wildman–Crippen LogP) is 3.12. The SMILES string of the molecule is O=C(O)C=Cc1ccc(OCCC(F)(F)F)cc1. The average molecular weight is 260 g/mol. The molecule has 1 rings (SSSR count). The van der Waals surface area contributed by atoms with Gasteiger partial charge in [-0.2, -0.15) is 13.2 Å². The molecule has 0 heterocycles. The van der Waals surface area contributed by atoms with E-state index in [-0.39, 0.29) is 0 Å². The lowest BCUT2D eigenvalue weighted by Gasteiger charge is -2.08. The van der Waals surface area contributed by atoms with Crippen molar-refractivity contribution in [1.29, 1.82) is 0 Å². The van der Waals surface area contributed by atoms with E-state index in [9.17, 15) is 18.0 Å². The van der Waals surface area contributed by atoms with Gasteiger partial charge in [-0.1, -0.05) is 12.1 Å². The largest absolute Gasteiger partial charge is 0.493 e. The number of aliphatic carboxylic acids is 1. The number of rotatable bonds is 5. The molecule has 0 saturated carbocycles. The normalized spacial score (nSPS) is 11.7. The van der Waals surface area contributed by atoms with Crippen LogP contribution in [0.4, 0.5) is 13.2 Å². The van der Waals surface area contributed by atoms with E-state index in [1.807, 2.05) is 0 Å². The summed E-state index contributed by atoms with van der Waals surface area (Å²) in [4.78, 5) is 10.3. The summed E-state index contributed by atoms with van der Waals surface area (Å²) in [7, 11) is 0. The smallest absolute Gasteiger partial charge is 0.392 e. The molecule has 3 nitrogen and oxygen atoms in total. The highest BCUT2D eigenvalue weighted by atomic mass is 19.4. The van der Waals surface area contributed by atoms with Gasteiger partial charge in [0.2, 0.25) is 0 Å². The van der Waals surface area contributed by atoms with Crippen LogP contribution in [0, 0.1) is 0 Å². The molecule has 0 bridgehead atoms. The molecule has 0 spiro atoms. The summed E-state index contributed by atoms with van der Waals surface area (Å²) in [6.07, 6.45) is -2.89. The molecule has 1 N–H and O–H groups in total. The summed E-state index contributed by atoms with van der Waals surface area (Å²) < 4.78 is 40.5. The van der Waals surface area contributed by atoms with Gasteiger partial charge in [-0.3, -0.25) is 0 Å². The summed E-state index contributed by atoms with van der Waals surface area (Å²) >= 11 is 0. The Balaban J connectivity index is 2.48. The molecule has 0 aromatic heterocycles. The molecule has 18 heavy (non-hydrogen) atoms. The number of hydrogen-bond donors (Lipinski definition) is 1. The second-order valence-electron chi connectivity index (χ2n) is 3.45. The van der Waals surface area contributed by atoms with Crippen molar-refractivity contribution in [3.8, 4) is 5.75 Å². The molecule has 0 atom stereocenters. The fraction of sp³-hybridized carbons (Fsp3) is 0.250. The number of ether oxygens (including phenoxy) is 1. The topological polar surface area (TPSA) is 46.5 Å². The Bertz CT molecular complexity index is 421. The number of carboxylic acid groups (broad SMARTS) is 1. The van der Waals surface area contributed by atoms with Gasteiger partial charge >= 0.3 is 12.1 Å². The van der Waals surface area contributed by atoms with Gasteiger partial charge < -0.3 is 9.84 Å². The van der Waals surface area contributed by atoms with Gasteiger partial charge in [0.05, 0.1) is 13.0 Å². The quantitative estimate of drug-likeness (QED) is 0.827. The van der Waals surface area contributed by atoms with Crippen molar-refractivity contribution in [2.75, 3.05) is 6.61 Å². The third kappa shape index (κ3) is 5.93. The first-order valence-electron chi connectivity index (χ1n) is 5.07. The molecule has 6 heteroatoms. The lowest BCUT2D eigenvalue weighted by atomic mass is 10.2. The van der Waals surface area contributed by atoms with Crippen molar-refractivity contribution < 1.29 is 27.8 Å². The molecule has 1 aromatic rings. The summed E-state index contributed by atoms with van der Waals surface area (Å²) in [5, 5.41) is 8.40. The Hall–Kier alpha value is -1.98. The zero-order valence-electron chi connectivity index (χ0n) is 9.28. The maximum atomic E-state index is 11.9. The van der Waals surface area contributed by atoms with Crippen LogP contribution in [-0.2, 0) is 4.79 Å². The van der Waals surface area contributed by atoms with E-state index in [2.05, 4.69) is 0 Å². The Labute approximate surface area is 101 Å². The molecule has 0 amide bonds. The van der Waals surface area contributed by atoms with Crippen molar-refractivity contribution in [3.05, 3.63) is 35.9 Å². The van der Waals surface area contributed by atoms with E-state index in [1.165, 1.54) is 18.2 Å². The minimum absolute atomic E-state index is 0.312. The summed E-state index contributed by atoms with van der Waals surface area (Å²) in [6.45, 7) is -0.437. The van der Waals surface area contributed by atoms with Crippen molar-refractivity contribution in [3.63, 3.8) is 0 Å². The molecule has 0 aliphatic heterocycles. The Kier molecular flexibility index (Phi) is 4.76. The molecule has 98 valence electrons. The van der Waals surface area contributed by atoms with Gasteiger partial charge in [-0.15, -0.1) is 0 Å². The molecule has 0 unspecified atom stereocenters. The van der Waals surface area contributed by atoms with Gasteiger partial charge in [-0.25, -0.2) is 4.79 Å². The van der Waals surface area contributed by atoms with E-state index >= 15 is 0 Å². The van der Waals surface area contributed by atoms with Crippen molar-refractivity contribution in [1.82, 2.24) is 0 Å². The zero-order valence-corrected chi connectivity index (χ0v) is 9.28. The molecule has 0 saturated heterocycles. The molecule has 0 radical (unpaired) electrons. The van der Waals surface area contributed by atoms with E-state index in [4.69, 9.17) is 9.84 Å². The number of carboxylic acids is 1. The standard InChI is InChI=1S/C12H11F3O3/c13-12(14,15)7-8-18-10-4-1-9(2-5-10)3-6-11(16)17/h1-6H,7-8H2,(H,16,17). The van der Waals surface area contributed by atoms with Crippen LogP contribution >= 0.6 is 0 Å². The molecule has 0 fully saturated rings. The van der Waals surface area contributed by atoms with Gasteiger partial charge in [0.25, 0.3) is 0 Å². The van der Waals surface area contributed by atoms with Crippen molar-refractivity contribution in [2.24, 2.45) is 0 Å². The fourth-order valence-electron chi connectivity index (χ4n) is 1.13. The van der Waals surface area contributed by atoms with Crippen LogP contribution < -0.4 is 4.74 Å². The number of halogens is 3. The first-order valence-corrected chi connectivity index (χ1v) is 5.07. The molecule has 1 aromatic carbocycles. The predicted molar refractivity (Wildman–Crippen MR) is 59.3 cm³/mol. The molecule has 0 aliphatic carbocycles. The summed E-state index contributed by atoms with van der Waals surface area (Å²) in [6, 6.07) is 6.08. The maximum absolute atomic E-state index is 11.9. The Morgan fingerprint density at radius 3 is 2.39 bits per heavy atom. The van der Waals surface area contributed by atoms with E-state index in [0.717, 1.165) is 6.08 Å². The lowest BCUT2D eigenvalue weighted by molar-refractivity contribution is -0.139. The summed E-state index contributed by atoms with van der Waals surface area (Å²) in [5.74, 6) is -0.757. The molecular weight excluding hydrogens is 249 g/mol. The van der Waals surface area contributed by atoms with Crippen LogP contribution in [0.1, 0.15) is 12.0 Å². The highest BCUT2D eigenvalue weighted by molar-refractivity contribution is 5.85. The number of carbonyl (C=O) groups is 1. The Morgan fingerprint density at radius 1 is 1.28 bits per heavy atom. The molecular formula is C12H11F3O3. The highest BCUT2D eigenvalue weighted by Crippen LogP contribution is 2.20. The molecule has 0 aliphatic rings. The van der Waals surface area contributed by atoms with Crippen molar-refractivity contribution >= 4 is 12.0 Å². The van der Waals surface area contributed by atoms with Gasteiger partial charge in [0.1, 0.15) is 5.75 Å². The fourth-order valence-corrected chi connectivity index (χ4v) is 1.13. The van der Waals surface area contributed by atoms with Gasteiger partial charge in [0.15, 0.2) is 0 Å². The average Bonchev–Trinajstić information content (AvgIpc) is 2.26. The number of hydrogen-bond acceptors (Lipinski definition) is 2. The minimum atomic E-state index is -4.23. The highest BCUT2D eigenvalue weighted by Gasteiger charge is 2.26. The van der Waals surface area contributed by atoms with Crippen LogP contribution in [0.2, 0.25) is 0 Å². The second kappa shape index (κ2) is 6.09. The lowest BCUT2D eigenvalue weighted by Crippen LogP contribution is -2.12.